The Hall–Kier alpha value is -1.93. The Morgan fingerprint density at radius 3 is 2.72 bits per heavy atom. The van der Waals surface area contributed by atoms with E-state index in [0.29, 0.717) is 11.1 Å². The number of hydrogen-bond acceptors (Lipinski definition) is 3. The number of carbonyl (C=O) groups excluding carboxylic acids is 1. The summed E-state index contributed by atoms with van der Waals surface area (Å²) in [7, 11) is 0. The van der Waals surface area contributed by atoms with Gasteiger partial charge in [-0.3, -0.25) is 4.79 Å². The van der Waals surface area contributed by atoms with Gasteiger partial charge in [0.1, 0.15) is 5.82 Å². The summed E-state index contributed by atoms with van der Waals surface area (Å²) >= 11 is 0. The molecule has 3 N–H and O–H groups in total. The SMILES string of the molecule is CC(C)C(NCc1cc(F)ccc1C#N)C(N)=O. The molecule has 0 aliphatic heterocycles. The Bertz CT molecular complexity index is 480. The summed E-state index contributed by atoms with van der Waals surface area (Å²) in [6, 6.07) is 5.41. The number of rotatable bonds is 5. The van der Waals surface area contributed by atoms with Gasteiger partial charge >= 0.3 is 0 Å². The molecule has 1 aromatic carbocycles. The van der Waals surface area contributed by atoms with Gasteiger partial charge in [0.15, 0.2) is 0 Å². The highest BCUT2D eigenvalue weighted by Crippen LogP contribution is 2.11. The minimum absolute atomic E-state index is 0.0293. The van der Waals surface area contributed by atoms with E-state index >= 15 is 0 Å². The molecule has 0 aliphatic carbocycles. The topological polar surface area (TPSA) is 78.9 Å². The predicted octanol–water partition coefficient (Wildman–Crippen LogP) is 1.30. The normalized spacial score (nSPS) is 12.2. The smallest absolute Gasteiger partial charge is 0.234 e. The third kappa shape index (κ3) is 3.54. The third-order valence-electron chi connectivity index (χ3n) is 2.67. The van der Waals surface area contributed by atoms with E-state index < -0.39 is 17.8 Å². The van der Waals surface area contributed by atoms with Crippen molar-refractivity contribution in [2.75, 3.05) is 0 Å². The van der Waals surface area contributed by atoms with Crippen LogP contribution in [0.3, 0.4) is 0 Å². The standard InChI is InChI=1S/C13H16FN3O/c1-8(2)12(13(16)18)17-7-10-5-11(14)4-3-9(10)6-15/h3-5,8,12,17H,7H2,1-2H3,(H2,16,18). The fourth-order valence-electron chi connectivity index (χ4n) is 1.70. The van der Waals surface area contributed by atoms with Crippen LogP contribution in [0.2, 0.25) is 0 Å². The van der Waals surface area contributed by atoms with Crippen molar-refractivity contribution < 1.29 is 9.18 Å². The summed E-state index contributed by atoms with van der Waals surface area (Å²) in [6.45, 7) is 3.95. The van der Waals surface area contributed by atoms with E-state index in [9.17, 15) is 9.18 Å². The van der Waals surface area contributed by atoms with Crippen LogP contribution in [0.15, 0.2) is 18.2 Å². The molecular weight excluding hydrogens is 233 g/mol. The van der Waals surface area contributed by atoms with Crippen LogP contribution in [0.5, 0.6) is 0 Å². The molecule has 0 aromatic heterocycles. The predicted molar refractivity (Wildman–Crippen MR) is 65.8 cm³/mol. The number of benzene rings is 1. The number of nitriles is 1. The number of amides is 1. The zero-order chi connectivity index (χ0) is 13.7. The molecule has 0 fully saturated rings. The van der Waals surface area contributed by atoms with E-state index in [1.807, 2.05) is 19.9 Å². The van der Waals surface area contributed by atoms with E-state index in [-0.39, 0.29) is 12.5 Å². The Balaban J connectivity index is 2.82. The fraction of sp³-hybridized carbons (Fsp3) is 0.385. The van der Waals surface area contributed by atoms with Crippen molar-refractivity contribution in [1.29, 1.82) is 5.26 Å². The summed E-state index contributed by atoms with van der Waals surface area (Å²) in [6.07, 6.45) is 0. The number of nitrogens with one attached hydrogen (secondary N) is 1. The van der Waals surface area contributed by atoms with Crippen molar-refractivity contribution in [3.63, 3.8) is 0 Å². The molecule has 1 atom stereocenters. The molecule has 5 heteroatoms. The van der Waals surface area contributed by atoms with E-state index in [1.54, 1.807) is 0 Å². The minimum Gasteiger partial charge on any atom is -0.368 e. The number of hydrogen-bond donors (Lipinski definition) is 2. The highest BCUT2D eigenvalue weighted by atomic mass is 19.1. The molecule has 1 unspecified atom stereocenters. The molecule has 0 heterocycles. The molecule has 1 aromatic rings. The van der Waals surface area contributed by atoms with Crippen LogP contribution < -0.4 is 11.1 Å². The van der Waals surface area contributed by atoms with Crippen molar-refractivity contribution in [3.05, 3.63) is 35.1 Å². The molecule has 1 amide bonds. The van der Waals surface area contributed by atoms with Crippen LogP contribution in [-0.4, -0.2) is 11.9 Å². The first-order valence-electron chi connectivity index (χ1n) is 5.67. The van der Waals surface area contributed by atoms with Crippen molar-refractivity contribution in [1.82, 2.24) is 5.32 Å². The molecule has 4 nitrogen and oxygen atoms in total. The number of carbonyl (C=O) groups is 1. The molecule has 18 heavy (non-hydrogen) atoms. The van der Waals surface area contributed by atoms with E-state index in [4.69, 9.17) is 11.0 Å². The molecule has 0 bridgehead atoms. The molecular formula is C13H16FN3O. The van der Waals surface area contributed by atoms with Crippen LogP contribution in [0.25, 0.3) is 0 Å². The molecule has 0 aliphatic rings. The van der Waals surface area contributed by atoms with E-state index in [1.165, 1.54) is 18.2 Å². The number of halogens is 1. The molecule has 1 rings (SSSR count). The lowest BCUT2D eigenvalue weighted by atomic mass is 10.0. The lowest BCUT2D eigenvalue weighted by molar-refractivity contribution is -0.121. The van der Waals surface area contributed by atoms with Crippen LogP contribution in [0.4, 0.5) is 4.39 Å². The van der Waals surface area contributed by atoms with Crippen molar-refractivity contribution in [2.45, 2.75) is 26.4 Å². The summed E-state index contributed by atoms with van der Waals surface area (Å²) < 4.78 is 13.1. The minimum atomic E-state index is -0.500. The van der Waals surface area contributed by atoms with Crippen molar-refractivity contribution >= 4 is 5.91 Å². The van der Waals surface area contributed by atoms with Gasteiger partial charge in [0.25, 0.3) is 0 Å². The third-order valence-corrected chi connectivity index (χ3v) is 2.67. The fourth-order valence-corrected chi connectivity index (χ4v) is 1.70. The number of primary amides is 1. The van der Waals surface area contributed by atoms with Gasteiger partial charge in [0.2, 0.25) is 5.91 Å². The van der Waals surface area contributed by atoms with Gasteiger partial charge in [-0.25, -0.2) is 4.39 Å². The second kappa shape index (κ2) is 6.12. The quantitative estimate of drug-likeness (QED) is 0.825. The lowest BCUT2D eigenvalue weighted by Gasteiger charge is -2.19. The number of nitrogens with two attached hydrogens (primary N) is 1. The molecule has 0 spiro atoms. The molecule has 0 saturated heterocycles. The summed E-state index contributed by atoms with van der Waals surface area (Å²) in [5.74, 6) is -0.840. The molecule has 96 valence electrons. The molecule has 0 saturated carbocycles. The van der Waals surface area contributed by atoms with Crippen molar-refractivity contribution in [3.8, 4) is 6.07 Å². The number of nitrogens with zero attached hydrogens (tertiary/aromatic N) is 1. The maximum Gasteiger partial charge on any atom is 0.234 e. The van der Waals surface area contributed by atoms with Gasteiger partial charge < -0.3 is 11.1 Å². The van der Waals surface area contributed by atoms with Crippen LogP contribution >= 0.6 is 0 Å². The second-order valence-electron chi connectivity index (χ2n) is 4.42. The highest BCUT2D eigenvalue weighted by Gasteiger charge is 2.19. The summed E-state index contributed by atoms with van der Waals surface area (Å²) in [4.78, 5) is 11.2. The monoisotopic (exact) mass is 249 g/mol. The first-order chi connectivity index (χ1) is 8.45. The van der Waals surface area contributed by atoms with Crippen LogP contribution in [0.1, 0.15) is 25.0 Å². The van der Waals surface area contributed by atoms with E-state index in [2.05, 4.69) is 5.32 Å². The van der Waals surface area contributed by atoms with Gasteiger partial charge in [-0.05, 0) is 29.7 Å². The van der Waals surface area contributed by atoms with Gasteiger partial charge in [0.05, 0.1) is 17.7 Å². The zero-order valence-electron chi connectivity index (χ0n) is 10.4. The lowest BCUT2D eigenvalue weighted by Crippen LogP contribution is -2.44. The highest BCUT2D eigenvalue weighted by molar-refractivity contribution is 5.80. The van der Waals surface area contributed by atoms with E-state index in [0.717, 1.165) is 0 Å². The van der Waals surface area contributed by atoms with Crippen LogP contribution in [-0.2, 0) is 11.3 Å². The first-order valence-corrected chi connectivity index (χ1v) is 5.67. The maximum absolute atomic E-state index is 13.1. The van der Waals surface area contributed by atoms with Gasteiger partial charge in [-0.15, -0.1) is 0 Å². The van der Waals surface area contributed by atoms with Crippen molar-refractivity contribution in [2.24, 2.45) is 11.7 Å². The largest absolute Gasteiger partial charge is 0.368 e. The first kappa shape index (κ1) is 14.1. The average molecular weight is 249 g/mol. The molecule has 0 radical (unpaired) electrons. The van der Waals surface area contributed by atoms with Crippen LogP contribution in [0, 0.1) is 23.1 Å². The van der Waals surface area contributed by atoms with Gasteiger partial charge in [0, 0.05) is 6.54 Å². The Labute approximate surface area is 106 Å². The van der Waals surface area contributed by atoms with Gasteiger partial charge in [-0.1, -0.05) is 13.8 Å². The Morgan fingerprint density at radius 2 is 2.22 bits per heavy atom. The maximum atomic E-state index is 13.1. The Kier molecular flexibility index (Phi) is 4.81. The average Bonchev–Trinajstić information content (AvgIpc) is 2.28. The van der Waals surface area contributed by atoms with Gasteiger partial charge in [-0.2, -0.15) is 5.26 Å². The summed E-state index contributed by atoms with van der Waals surface area (Å²) in [5.41, 5.74) is 6.16. The Morgan fingerprint density at radius 1 is 1.56 bits per heavy atom. The summed E-state index contributed by atoms with van der Waals surface area (Å²) in [5, 5.41) is 11.8. The zero-order valence-corrected chi connectivity index (χ0v) is 10.4. The second-order valence-corrected chi connectivity index (χ2v) is 4.42.